The Hall–Kier alpha value is -2.58. The predicted octanol–water partition coefficient (Wildman–Crippen LogP) is 3.78. The van der Waals surface area contributed by atoms with Crippen LogP contribution in [-0.2, 0) is 11.8 Å². The quantitative estimate of drug-likeness (QED) is 0.691. The molecule has 0 atom stereocenters. The molecule has 3 rings (SSSR count). The van der Waals surface area contributed by atoms with E-state index in [2.05, 4.69) is 15.5 Å². The maximum absolute atomic E-state index is 13.1. The highest BCUT2D eigenvalue weighted by Crippen LogP contribution is 2.33. The van der Waals surface area contributed by atoms with Gasteiger partial charge in [-0.25, -0.2) is 4.39 Å². The molecule has 3 aromatic rings. The smallest absolute Gasteiger partial charge is 0.262 e. The number of rotatable bonds is 6. The average molecular weight is 393 g/mol. The molecule has 0 spiro atoms. The van der Waals surface area contributed by atoms with Gasteiger partial charge in [-0.05, 0) is 42.1 Å². The largest absolute Gasteiger partial charge is 0.484 e. The van der Waals surface area contributed by atoms with Crippen LogP contribution in [0.25, 0.3) is 0 Å². The monoisotopic (exact) mass is 392 g/mol. The fourth-order valence-corrected chi connectivity index (χ4v) is 3.05. The van der Waals surface area contributed by atoms with Crippen molar-refractivity contribution in [3.05, 3.63) is 59.6 Å². The summed E-state index contributed by atoms with van der Waals surface area (Å²) in [5.74, 6) is -0.545. The Kier molecular flexibility index (Phi) is 5.75. The molecule has 9 heteroatoms. The number of nitrogens with one attached hydrogen (secondary N) is 1. The molecule has 0 aliphatic rings. The Balaban J connectivity index is 1.69. The molecule has 0 bridgehead atoms. The molecule has 134 valence electrons. The zero-order valence-electron chi connectivity index (χ0n) is 13.6. The first kappa shape index (κ1) is 18.2. The van der Waals surface area contributed by atoms with E-state index >= 15 is 0 Å². The number of amides is 1. The second-order valence-corrected chi connectivity index (χ2v) is 6.71. The van der Waals surface area contributed by atoms with Crippen LogP contribution in [0, 0.1) is 5.82 Å². The highest BCUT2D eigenvalue weighted by atomic mass is 35.5. The second-order valence-electron chi connectivity index (χ2n) is 5.26. The van der Waals surface area contributed by atoms with Crippen LogP contribution in [-0.4, -0.2) is 27.3 Å². The van der Waals surface area contributed by atoms with Crippen molar-refractivity contribution in [3.63, 3.8) is 0 Å². The van der Waals surface area contributed by atoms with E-state index in [1.807, 2.05) is 7.05 Å². The summed E-state index contributed by atoms with van der Waals surface area (Å²) >= 11 is 7.38. The van der Waals surface area contributed by atoms with Gasteiger partial charge in [0, 0.05) is 23.0 Å². The van der Waals surface area contributed by atoms with Gasteiger partial charge in [0.2, 0.25) is 0 Å². The van der Waals surface area contributed by atoms with E-state index < -0.39 is 11.7 Å². The summed E-state index contributed by atoms with van der Waals surface area (Å²) in [6.45, 7) is -0.260. The third kappa shape index (κ3) is 4.74. The van der Waals surface area contributed by atoms with Crippen molar-refractivity contribution in [2.75, 3.05) is 11.9 Å². The maximum Gasteiger partial charge on any atom is 0.262 e. The van der Waals surface area contributed by atoms with E-state index in [0.717, 1.165) is 4.90 Å². The Bertz CT molecular complexity index is 935. The summed E-state index contributed by atoms with van der Waals surface area (Å²) in [5, 5.41) is 11.7. The molecule has 1 amide bonds. The number of aryl methyl sites for hydroxylation is 1. The van der Waals surface area contributed by atoms with E-state index in [1.165, 1.54) is 30.0 Å². The molecule has 0 aliphatic carbocycles. The number of hydrogen-bond donors (Lipinski definition) is 1. The van der Waals surface area contributed by atoms with Crippen molar-refractivity contribution in [3.8, 4) is 5.75 Å². The van der Waals surface area contributed by atoms with Gasteiger partial charge in [-0.3, -0.25) is 4.79 Å². The molecule has 1 heterocycles. The Morgan fingerprint density at radius 2 is 2.19 bits per heavy atom. The van der Waals surface area contributed by atoms with Crippen molar-refractivity contribution in [1.82, 2.24) is 14.8 Å². The van der Waals surface area contributed by atoms with Crippen LogP contribution in [0.3, 0.4) is 0 Å². The number of aromatic nitrogens is 3. The van der Waals surface area contributed by atoms with Gasteiger partial charge in [-0.2, -0.15) is 0 Å². The van der Waals surface area contributed by atoms with Gasteiger partial charge in [-0.15, -0.1) is 10.2 Å². The summed E-state index contributed by atoms with van der Waals surface area (Å²) in [5.41, 5.74) is 0.526. The maximum atomic E-state index is 13.1. The number of ether oxygens (including phenoxy) is 1. The fourth-order valence-electron chi connectivity index (χ4n) is 2.04. The van der Waals surface area contributed by atoms with Gasteiger partial charge in [-0.1, -0.05) is 17.7 Å². The first-order chi connectivity index (χ1) is 12.5. The molecule has 0 radical (unpaired) electrons. The zero-order chi connectivity index (χ0) is 18.5. The van der Waals surface area contributed by atoms with Gasteiger partial charge in [0.05, 0.1) is 5.69 Å². The van der Waals surface area contributed by atoms with E-state index in [4.69, 9.17) is 16.3 Å². The Morgan fingerprint density at radius 3 is 2.92 bits per heavy atom. The second kappa shape index (κ2) is 8.20. The molecule has 0 aliphatic heterocycles. The third-order valence-corrected chi connectivity index (χ3v) is 4.62. The van der Waals surface area contributed by atoms with E-state index in [-0.39, 0.29) is 12.4 Å². The minimum Gasteiger partial charge on any atom is -0.484 e. The van der Waals surface area contributed by atoms with Gasteiger partial charge < -0.3 is 14.6 Å². The lowest BCUT2D eigenvalue weighted by Gasteiger charge is -2.12. The lowest BCUT2D eigenvalue weighted by molar-refractivity contribution is -0.118. The molecule has 26 heavy (non-hydrogen) atoms. The molecular formula is C17H14ClFN4O2S. The molecule has 1 N–H and O–H groups in total. The number of carbonyl (C=O) groups excluding carboxylic acids is 1. The van der Waals surface area contributed by atoms with Crippen molar-refractivity contribution in [2.45, 2.75) is 10.1 Å². The third-order valence-electron chi connectivity index (χ3n) is 3.25. The van der Waals surface area contributed by atoms with E-state index in [1.54, 1.807) is 35.2 Å². The van der Waals surface area contributed by atoms with Gasteiger partial charge in [0.1, 0.15) is 17.9 Å². The number of hydrogen-bond acceptors (Lipinski definition) is 5. The van der Waals surface area contributed by atoms with Crippen molar-refractivity contribution >= 4 is 35.0 Å². The lowest BCUT2D eigenvalue weighted by Crippen LogP contribution is -2.20. The molecule has 1 aromatic heterocycles. The van der Waals surface area contributed by atoms with Gasteiger partial charge in [0.15, 0.2) is 11.8 Å². The van der Waals surface area contributed by atoms with Crippen LogP contribution < -0.4 is 10.1 Å². The van der Waals surface area contributed by atoms with E-state index in [0.29, 0.717) is 15.9 Å². The van der Waals surface area contributed by atoms with Crippen molar-refractivity contribution in [1.29, 1.82) is 0 Å². The SMILES string of the molecule is Cn1cnnc1Sc1ccc(Cl)cc1NC(=O)COc1cccc(F)c1. The fraction of sp³-hybridized carbons (Fsp3) is 0.118. The molecule has 0 unspecified atom stereocenters. The number of nitrogens with zero attached hydrogens (tertiary/aromatic N) is 3. The molecule has 0 saturated carbocycles. The summed E-state index contributed by atoms with van der Waals surface area (Å²) in [7, 11) is 1.82. The van der Waals surface area contributed by atoms with Gasteiger partial charge in [0.25, 0.3) is 5.91 Å². The standard InChI is InChI=1S/C17H14ClFN4O2S/c1-23-10-20-22-17(23)26-15-6-5-11(18)7-14(15)21-16(24)9-25-13-4-2-3-12(19)8-13/h2-8,10H,9H2,1H3,(H,21,24). The molecule has 2 aromatic carbocycles. The van der Waals surface area contributed by atoms with Crippen LogP contribution in [0.2, 0.25) is 5.02 Å². The summed E-state index contributed by atoms with van der Waals surface area (Å²) < 4.78 is 20.2. The average Bonchev–Trinajstić information content (AvgIpc) is 3.00. The normalized spacial score (nSPS) is 10.6. The lowest BCUT2D eigenvalue weighted by atomic mass is 10.3. The number of benzene rings is 2. The number of halogens is 2. The molecular weight excluding hydrogens is 379 g/mol. The summed E-state index contributed by atoms with van der Waals surface area (Å²) in [6, 6.07) is 10.7. The Labute approximate surface area is 158 Å². The molecule has 6 nitrogen and oxygen atoms in total. The topological polar surface area (TPSA) is 69.0 Å². The van der Waals surface area contributed by atoms with E-state index in [9.17, 15) is 9.18 Å². The first-order valence-electron chi connectivity index (χ1n) is 7.51. The van der Waals surface area contributed by atoms with Crippen molar-refractivity contribution < 1.29 is 13.9 Å². The predicted molar refractivity (Wildman–Crippen MR) is 97.1 cm³/mol. The minimum atomic E-state index is -0.430. The van der Waals surface area contributed by atoms with Gasteiger partial charge >= 0.3 is 0 Å². The van der Waals surface area contributed by atoms with Crippen molar-refractivity contribution in [2.24, 2.45) is 7.05 Å². The number of anilines is 1. The van der Waals surface area contributed by atoms with Crippen LogP contribution in [0.15, 0.2) is 58.8 Å². The molecule has 0 fully saturated rings. The Morgan fingerprint density at radius 1 is 1.35 bits per heavy atom. The number of carbonyl (C=O) groups is 1. The highest BCUT2D eigenvalue weighted by Gasteiger charge is 2.12. The first-order valence-corrected chi connectivity index (χ1v) is 8.70. The highest BCUT2D eigenvalue weighted by molar-refractivity contribution is 7.99. The zero-order valence-corrected chi connectivity index (χ0v) is 15.2. The summed E-state index contributed by atoms with van der Waals surface area (Å²) in [6.07, 6.45) is 1.59. The van der Waals surface area contributed by atoms with Crippen LogP contribution in [0.4, 0.5) is 10.1 Å². The molecule has 0 saturated heterocycles. The van der Waals surface area contributed by atoms with Crippen LogP contribution >= 0.6 is 23.4 Å². The minimum absolute atomic E-state index is 0.260. The van der Waals surface area contributed by atoms with Crippen LogP contribution in [0.5, 0.6) is 5.75 Å². The summed E-state index contributed by atoms with van der Waals surface area (Å²) in [4.78, 5) is 12.9. The van der Waals surface area contributed by atoms with Crippen LogP contribution in [0.1, 0.15) is 0 Å².